The van der Waals surface area contributed by atoms with E-state index in [4.69, 9.17) is 0 Å². The Morgan fingerprint density at radius 3 is 2.00 bits per heavy atom. The highest BCUT2D eigenvalue weighted by atomic mass is 32.1. The highest BCUT2D eigenvalue weighted by molar-refractivity contribution is 7.81. The van der Waals surface area contributed by atoms with E-state index in [2.05, 4.69) is 17.4 Å². The summed E-state index contributed by atoms with van der Waals surface area (Å²) in [6.07, 6.45) is 0.704. The van der Waals surface area contributed by atoms with Crippen molar-refractivity contribution in [2.24, 2.45) is 5.41 Å². The molecule has 0 saturated heterocycles. The van der Waals surface area contributed by atoms with Crippen molar-refractivity contribution in [3.05, 3.63) is 0 Å². The van der Waals surface area contributed by atoms with E-state index in [1.165, 1.54) is 7.11 Å². The van der Waals surface area contributed by atoms with Crippen LogP contribution in [-0.2, 0) is 9.53 Å². The third-order valence-corrected chi connectivity index (χ3v) is 1.77. The van der Waals surface area contributed by atoms with Crippen molar-refractivity contribution < 1.29 is 9.53 Å². The molecule has 0 atom stereocenters. The SMILES string of the molecule is COC(=O)C(C)(C)CC(C)(C)S. The van der Waals surface area contributed by atoms with Crippen molar-refractivity contribution in [3.63, 3.8) is 0 Å². The number of ether oxygens (including phenoxy) is 1. The number of carbonyl (C=O) groups excluding carboxylic acids is 1. The van der Waals surface area contributed by atoms with Gasteiger partial charge in [0, 0.05) is 4.75 Å². The molecule has 0 aliphatic heterocycles. The van der Waals surface area contributed by atoms with Gasteiger partial charge in [-0.25, -0.2) is 0 Å². The monoisotopic (exact) mass is 190 g/mol. The number of hydrogen-bond donors (Lipinski definition) is 1. The number of esters is 1. The topological polar surface area (TPSA) is 26.3 Å². The molecule has 0 spiro atoms. The number of rotatable bonds is 3. The summed E-state index contributed by atoms with van der Waals surface area (Å²) >= 11 is 4.37. The van der Waals surface area contributed by atoms with E-state index >= 15 is 0 Å². The summed E-state index contributed by atoms with van der Waals surface area (Å²) in [6.45, 7) is 7.72. The van der Waals surface area contributed by atoms with Gasteiger partial charge in [0.2, 0.25) is 0 Å². The van der Waals surface area contributed by atoms with Gasteiger partial charge < -0.3 is 4.74 Å². The second kappa shape index (κ2) is 3.69. The Labute approximate surface area is 80.1 Å². The molecule has 0 N–H and O–H groups in total. The summed E-state index contributed by atoms with van der Waals surface area (Å²) in [4.78, 5) is 11.3. The van der Waals surface area contributed by atoms with E-state index in [1.54, 1.807) is 0 Å². The molecule has 0 aliphatic rings. The highest BCUT2D eigenvalue weighted by Crippen LogP contribution is 2.32. The fraction of sp³-hybridized carbons (Fsp3) is 0.889. The summed E-state index contributed by atoms with van der Waals surface area (Å²) in [5, 5.41) is 0. The average molecular weight is 190 g/mol. The zero-order valence-electron chi connectivity index (χ0n) is 8.47. The Bertz CT molecular complexity index is 168. The molecule has 0 bridgehead atoms. The quantitative estimate of drug-likeness (QED) is 0.546. The molecule has 0 saturated carbocycles. The van der Waals surface area contributed by atoms with Crippen LogP contribution in [0.1, 0.15) is 34.1 Å². The summed E-state index contributed by atoms with van der Waals surface area (Å²) in [7, 11) is 1.41. The second-order valence-corrected chi connectivity index (χ2v) is 5.58. The Kier molecular flexibility index (Phi) is 3.63. The summed E-state index contributed by atoms with van der Waals surface area (Å²) in [5.41, 5.74) is -0.444. The van der Waals surface area contributed by atoms with Crippen LogP contribution in [0.2, 0.25) is 0 Å². The molecule has 0 radical (unpaired) electrons. The van der Waals surface area contributed by atoms with Crippen LogP contribution in [0.4, 0.5) is 0 Å². The Hall–Kier alpha value is -0.180. The lowest BCUT2D eigenvalue weighted by atomic mass is 9.84. The van der Waals surface area contributed by atoms with Crippen LogP contribution in [-0.4, -0.2) is 17.8 Å². The van der Waals surface area contributed by atoms with E-state index in [0.29, 0.717) is 6.42 Å². The molecule has 0 heterocycles. The van der Waals surface area contributed by atoms with Crippen LogP contribution < -0.4 is 0 Å². The van der Waals surface area contributed by atoms with Gasteiger partial charge in [0.05, 0.1) is 12.5 Å². The molecule has 0 aromatic heterocycles. The zero-order valence-corrected chi connectivity index (χ0v) is 9.37. The van der Waals surface area contributed by atoms with Crippen molar-refractivity contribution in [1.82, 2.24) is 0 Å². The molecule has 0 aromatic rings. The van der Waals surface area contributed by atoms with Crippen LogP contribution in [0.25, 0.3) is 0 Å². The summed E-state index contributed by atoms with van der Waals surface area (Å²) < 4.78 is 4.55. The minimum atomic E-state index is -0.444. The summed E-state index contributed by atoms with van der Waals surface area (Å²) in [5.74, 6) is -0.176. The first-order valence-electron chi connectivity index (χ1n) is 4.00. The molecule has 12 heavy (non-hydrogen) atoms. The minimum absolute atomic E-state index is 0.141. The maximum atomic E-state index is 11.3. The largest absolute Gasteiger partial charge is 0.469 e. The maximum Gasteiger partial charge on any atom is 0.311 e. The van der Waals surface area contributed by atoms with Gasteiger partial charge in [-0.1, -0.05) is 13.8 Å². The van der Waals surface area contributed by atoms with Gasteiger partial charge in [-0.3, -0.25) is 4.79 Å². The zero-order chi connectivity index (χ0) is 9.99. The van der Waals surface area contributed by atoms with Crippen molar-refractivity contribution >= 4 is 18.6 Å². The smallest absolute Gasteiger partial charge is 0.311 e. The first-order chi connectivity index (χ1) is 5.19. The Balaban J connectivity index is 4.32. The third kappa shape index (κ3) is 4.00. The van der Waals surface area contributed by atoms with Crippen LogP contribution >= 0.6 is 12.6 Å². The number of thiol groups is 1. The Morgan fingerprint density at radius 2 is 1.75 bits per heavy atom. The Morgan fingerprint density at radius 1 is 1.33 bits per heavy atom. The van der Waals surface area contributed by atoms with Gasteiger partial charge >= 0.3 is 5.97 Å². The minimum Gasteiger partial charge on any atom is -0.469 e. The molecule has 72 valence electrons. The molecule has 0 rings (SSSR count). The van der Waals surface area contributed by atoms with Crippen molar-refractivity contribution in [2.75, 3.05) is 7.11 Å². The van der Waals surface area contributed by atoms with Gasteiger partial charge in [0.15, 0.2) is 0 Å². The molecule has 0 fully saturated rings. The predicted octanol–water partition coefficient (Wildman–Crippen LogP) is 2.28. The van der Waals surface area contributed by atoms with E-state index in [-0.39, 0.29) is 10.7 Å². The van der Waals surface area contributed by atoms with Gasteiger partial charge in [-0.15, -0.1) is 0 Å². The summed E-state index contributed by atoms with van der Waals surface area (Å²) in [6, 6.07) is 0. The first-order valence-corrected chi connectivity index (χ1v) is 4.44. The molecule has 2 nitrogen and oxygen atoms in total. The van der Waals surface area contributed by atoms with Crippen LogP contribution in [0.15, 0.2) is 0 Å². The fourth-order valence-electron chi connectivity index (χ4n) is 1.43. The molecular formula is C9H18O2S. The average Bonchev–Trinajstić information content (AvgIpc) is 1.80. The second-order valence-electron chi connectivity index (χ2n) is 4.36. The lowest BCUT2D eigenvalue weighted by Crippen LogP contribution is -2.32. The molecule has 0 aromatic carbocycles. The van der Waals surface area contributed by atoms with Gasteiger partial charge in [0.1, 0.15) is 0 Å². The molecule has 0 unspecified atom stereocenters. The predicted molar refractivity (Wildman–Crippen MR) is 53.5 cm³/mol. The van der Waals surface area contributed by atoms with Gasteiger partial charge in [-0.05, 0) is 20.3 Å². The molecule has 0 amide bonds. The maximum absolute atomic E-state index is 11.3. The van der Waals surface area contributed by atoms with Crippen LogP contribution in [0, 0.1) is 5.41 Å². The van der Waals surface area contributed by atoms with Crippen molar-refractivity contribution in [3.8, 4) is 0 Å². The van der Waals surface area contributed by atoms with Gasteiger partial charge in [-0.2, -0.15) is 12.6 Å². The first kappa shape index (κ1) is 11.8. The van der Waals surface area contributed by atoms with Crippen molar-refractivity contribution in [1.29, 1.82) is 0 Å². The third-order valence-electron chi connectivity index (χ3n) is 1.61. The van der Waals surface area contributed by atoms with E-state index < -0.39 is 5.41 Å². The lowest BCUT2D eigenvalue weighted by Gasteiger charge is -2.28. The number of methoxy groups -OCH3 is 1. The standard InChI is InChI=1S/C9H18O2S/c1-8(2,7(10)11-5)6-9(3,4)12/h12H,6H2,1-5H3. The van der Waals surface area contributed by atoms with Gasteiger partial charge in [0.25, 0.3) is 0 Å². The normalized spacial score (nSPS) is 12.8. The van der Waals surface area contributed by atoms with Crippen LogP contribution in [0.3, 0.4) is 0 Å². The van der Waals surface area contributed by atoms with E-state index in [9.17, 15) is 4.79 Å². The molecule has 3 heteroatoms. The fourth-order valence-corrected chi connectivity index (χ4v) is 1.83. The van der Waals surface area contributed by atoms with E-state index in [0.717, 1.165) is 0 Å². The van der Waals surface area contributed by atoms with Crippen molar-refractivity contribution in [2.45, 2.75) is 38.9 Å². The van der Waals surface area contributed by atoms with E-state index in [1.807, 2.05) is 27.7 Å². The van der Waals surface area contributed by atoms with Crippen LogP contribution in [0.5, 0.6) is 0 Å². The number of hydrogen-bond acceptors (Lipinski definition) is 3. The highest BCUT2D eigenvalue weighted by Gasteiger charge is 2.33. The molecular weight excluding hydrogens is 172 g/mol. The lowest BCUT2D eigenvalue weighted by molar-refractivity contribution is -0.151. The number of carbonyl (C=O) groups is 1. The molecule has 0 aliphatic carbocycles.